The van der Waals surface area contributed by atoms with Gasteiger partial charge < -0.3 is 20.5 Å². The van der Waals surface area contributed by atoms with Crippen LogP contribution in [-0.2, 0) is 14.8 Å². The van der Waals surface area contributed by atoms with Gasteiger partial charge in [0.05, 0.1) is 40.6 Å². The lowest BCUT2D eigenvalue weighted by Crippen LogP contribution is -2.27. The number of nitrogens with one attached hydrogen (secondary N) is 2. The van der Waals surface area contributed by atoms with Gasteiger partial charge in [0.2, 0.25) is 0 Å². The van der Waals surface area contributed by atoms with Crippen LogP contribution in [0.25, 0.3) is 11.4 Å². The average molecular weight is 578 g/mol. The highest BCUT2D eigenvalue weighted by Crippen LogP contribution is 2.31. The third kappa shape index (κ3) is 6.37. The summed E-state index contributed by atoms with van der Waals surface area (Å²) in [7, 11) is -3.46. The molecular weight excluding hydrogens is 542 g/mol. The van der Waals surface area contributed by atoms with Gasteiger partial charge in [0, 0.05) is 43.6 Å². The molecule has 0 spiro atoms. The van der Waals surface area contributed by atoms with Gasteiger partial charge in [-0.15, -0.1) is 0 Å². The first-order valence-corrected chi connectivity index (χ1v) is 15.8. The van der Waals surface area contributed by atoms with E-state index in [9.17, 15) is 13.5 Å². The monoisotopic (exact) mass is 577 g/mol. The highest BCUT2D eigenvalue weighted by Gasteiger charge is 2.37. The minimum absolute atomic E-state index is 0.120. The fourth-order valence-corrected chi connectivity index (χ4v) is 6.80. The van der Waals surface area contributed by atoms with Gasteiger partial charge in [0.25, 0.3) is 10.0 Å². The molecule has 2 saturated carbocycles. The molecule has 216 valence electrons. The van der Waals surface area contributed by atoms with Crippen LogP contribution in [0.2, 0.25) is 0 Å². The fraction of sp³-hybridized carbons (Fsp3) is 0.517. The topological polar surface area (TPSA) is 144 Å². The number of hydrogen-bond donors (Lipinski definition) is 3. The van der Waals surface area contributed by atoms with Crippen molar-refractivity contribution in [1.82, 2.24) is 24.1 Å². The molecule has 0 amide bonds. The van der Waals surface area contributed by atoms with E-state index >= 15 is 0 Å². The van der Waals surface area contributed by atoms with E-state index < -0.39 is 10.0 Å². The van der Waals surface area contributed by atoms with Crippen LogP contribution in [0.5, 0.6) is 0 Å². The molecule has 4 heterocycles. The second kappa shape index (κ2) is 11.8. The van der Waals surface area contributed by atoms with E-state index in [4.69, 9.17) is 4.74 Å². The summed E-state index contributed by atoms with van der Waals surface area (Å²) in [5, 5.41) is 20.2. The lowest BCUT2D eigenvalue weighted by molar-refractivity contribution is 0.115. The molecule has 3 aromatic rings. The van der Waals surface area contributed by atoms with Crippen LogP contribution in [0.3, 0.4) is 0 Å². The van der Waals surface area contributed by atoms with E-state index in [0.717, 1.165) is 54.0 Å². The van der Waals surface area contributed by atoms with Gasteiger partial charge >= 0.3 is 0 Å². The Bertz CT molecular complexity index is 1550. The minimum Gasteiger partial charge on any atom is -0.396 e. The summed E-state index contributed by atoms with van der Waals surface area (Å²) in [6, 6.07) is 3.96. The molecule has 1 saturated heterocycles. The number of anilines is 3. The third-order valence-electron chi connectivity index (χ3n) is 8.07. The van der Waals surface area contributed by atoms with E-state index in [2.05, 4.69) is 49.4 Å². The maximum atomic E-state index is 12.5. The van der Waals surface area contributed by atoms with Gasteiger partial charge in [-0.2, -0.15) is 9.19 Å². The summed E-state index contributed by atoms with van der Waals surface area (Å²) in [6.07, 6.45) is 12.6. The van der Waals surface area contributed by atoms with Crippen LogP contribution >= 0.6 is 0 Å². The molecular formula is C29H35N7O4S. The fourth-order valence-electron chi connectivity index (χ4n) is 5.32. The van der Waals surface area contributed by atoms with Crippen LogP contribution in [0.1, 0.15) is 57.4 Å². The van der Waals surface area contributed by atoms with Crippen molar-refractivity contribution in [3.8, 4) is 23.2 Å². The number of ether oxygens (including phenoxy) is 1. The summed E-state index contributed by atoms with van der Waals surface area (Å²) in [5.41, 5.74) is 2.24. The smallest absolute Gasteiger partial charge is 0.256 e. The van der Waals surface area contributed by atoms with E-state index in [1.54, 1.807) is 18.5 Å². The van der Waals surface area contributed by atoms with E-state index in [-0.39, 0.29) is 29.9 Å². The molecule has 2 atom stereocenters. The highest BCUT2D eigenvalue weighted by molar-refractivity contribution is 7.90. The molecule has 11 nitrogen and oxygen atoms in total. The molecule has 41 heavy (non-hydrogen) atoms. The van der Waals surface area contributed by atoms with Crippen LogP contribution in [0.15, 0.2) is 36.9 Å². The van der Waals surface area contributed by atoms with Crippen LogP contribution < -0.4 is 10.6 Å². The van der Waals surface area contributed by atoms with Crippen molar-refractivity contribution in [1.29, 1.82) is 0 Å². The zero-order valence-electron chi connectivity index (χ0n) is 23.0. The Morgan fingerprint density at radius 3 is 2.66 bits per heavy atom. The van der Waals surface area contributed by atoms with Crippen LogP contribution in [0, 0.1) is 23.7 Å². The number of aliphatic hydroxyl groups is 1. The van der Waals surface area contributed by atoms with Gasteiger partial charge in [-0.1, -0.05) is 11.8 Å². The maximum Gasteiger partial charge on any atom is 0.256 e. The zero-order valence-corrected chi connectivity index (χ0v) is 23.8. The van der Waals surface area contributed by atoms with E-state index in [1.807, 2.05) is 6.07 Å². The standard InChI is InChI=1S/C29H35N7O4S/c1-19-21(11-13-40-19)4-5-22-15-31-28(14-26(22)33-24-6-2-20(18-37)3-7-24)34-27-10-12-30-29(35-27)23-16-32-36(17-23)41(38,39)25-8-9-25/h10,12,14-17,19-21,24-25,37H,2-3,6-9,11,13,18H2,1H3,(H2,30,31,33,34,35). The van der Waals surface area contributed by atoms with Crippen molar-refractivity contribution in [3.05, 3.63) is 42.5 Å². The van der Waals surface area contributed by atoms with Crippen LogP contribution in [-0.4, -0.2) is 68.3 Å². The largest absolute Gasteiger partial charge is 0.396 e. The first kappa shape index (κ1) is 27.6. The van der Waals surface area contributed by atoms with Crippen molar-refractivity contribution in [3.63, 3.8) is 0 Å². The van der Waals surface area contributed by atoms with Gasteiger partial charge in [-0.3, -0.25) is 0 Å². The molecule has 3 N–H and O–H groups in total. The summed E-state index contributed by atoms with van der Waals surface area (Å²) in [5.74, 6) is 8.76. The number of pyridine rings is 1. The Morgan fingerprint density at radius 2 is 1.93 bits per heavy atom. The Morgan fingerprint density at radius 1 is 1.10 bits per heavy atom. The Labute approximate surface area is 240 Å². The molecule has 3 fully saturated rings. The van der Waals surface area contributed by atoms with Gasteiger partial charge in [-0.05, 0) is 63.9 Å². The van der Waals surface area contributed by atoms with Gasteiger partial charge in [0.15, 0.2) is 5.82 Å². The molecule has 2 unspecified atom stereocenters. The van der Waals surface area contributed by atoms with E-state index in [0.29, 0.717) is 41.8 Å². The molecule has 3 aromatic heterocycles. The van der Waals surface area contributed by atoms with Gasteiger partial charge in [-0.25, -0.2) is 23.4 Å². The first-order chi connectivity index (χ1) is 19.9. The quantitative estimate of drug-likeness (QED) is 0.340. The van der Waals surface area contributed by atoms with Crippen molar-refractivity contribution in [2.75, 3.05) is 23.8 Å². The molecule has 3 aliphatic rings. The molecule has 1 aliphatic heterocycles. The molecule has 0 aromatic carbocycles. The van der Waals surface area contributed by atoms with Gasteiger partial charge in [0.1, 0.15) is 11.6 Å². The third-order valence-corrected chi connectivity index (χ3v) is 10.1. The predicted octanol–water partition coefficient (Wildman–Crippen LogP) is 3.56. The van der Waals surface area contributed by atoms with Crippen molar-refractivity contribution < 1.29 is 18.3 Å². The molecule has 0 bridgehead atoms. The second-order valence-electron chi connectivity index (χ2n) is 11.1. The lowest BCUT2D eigenvalue weighted by Gasteiger charge is -2.29. The summed E-state index contributed by atoms with van der Waals surface area (Å²) in [4.78, 5) is 13.5. The Balaban J connectivity index is 1.22. The molecule has 6 rings (SSSR count). The second-order valence-corrected chi connectivity index (χ2v) is 13.2. The van der Waals surface area contributed by atoms with Crippen molar-refractivity contribution in [2.24, 2.45) is 11.8 Å². The number of aliphatic hydroxyl groups excluding tert-OH is 1. The molecule has 0 radical (unpaired) electrons. The number of aromatic nitrogens is 5. The average Bonchev–Trinajstić information content (AvgIpc) is 3.59. The predicted molar refractivity (Wildman–Crippen MR) is 155 cm³/mol. The lowest BCUT2D eigenvalue weighted by atomic mass is 9.86. The highest BCUT2D eigenvalue weighted by atomic mass is 32.2. The Hall–Kier alpha value is -3.53. The maximum absolute atomic E-state index is 12.5. The van der Waals surface area contributed by atoms with E-state index in [1.165, 1.54) is 12.4 Å². The SMILES string of the molecule is CC1OCCC1C#Cc1cnc(Nc2ccnc(-c3cnn(S(=O)(=O)C4CC4)c3)n2)cc1NC1CCC(CO)CC1. The van der Waals surface area contributed by atoms with Crippen LogP contribution in [0.4, 0.5) is 17.3 Å². The Kier molecular flexibility index (Phi) is 7.92. The van der Waals surface area contributed by atoms with Crippen molar-refractivity contribution >= 4 is 27.3 Å². The summed E-state index contributed by atoms with van der Waals surface area (Å²) < 4.78 is 31.7. The molecule has 12 heteroatoms. The summed E-state index contributed by atoms with van der Waals surface area (Å²) in [6.45, 7) is 3.04. The molecule has 2 aliphatic carbocycles. The van der Waals surface area contributed by atoms with Crippen molar-refractivity contribution in [2.45, 2.75) is 69.3 Å². The normalized spacial score (nSPS) is 24.4. The first-order valence-electron chi connectivity index (χ1n) is 14.3. The number of nitrogens with zero attached hydrogens (tertiary/aromatic N) is 5. The number of hydrogen-bond acceptors (Lipinski definition) is 10. The minimum atomic E-state index is -3.46. The number of rotatable bonds is 8. The zero-order chi connectivity index (χ0) is 28.4. The summed E-state index contributed by atoms with van der Waals surface area (Å²) >= 11 is 0.